The number of carbonyl (C=O) groups is 1. The Labute approximate surface area is 181 Å². The average molecular weight is 451 g/mol. The first-order valence-corrected chi connectivity index (χ1v) is 13.1. The molecule has 3 rings (SSSR count). The number of hydrogen-bond donors (Lipinski definition) is 1. The summed E-state index contributed by atoms with van der Waals surface area (Å²) in [6.45, 7) is 12.5. The molecule has 1 saturated heterocycles. The third kappa shape index (κ3) is 5.05. The lowest BCUT2D eigenvalue weighted by molar-refractivity contribution is -0.0458. The van der Waals surface area contributed by atoms with Crippen LogP contribution < -0.4 is 11.2 Å². The van der Waals surface area contributed by atoms with Crippen LogP contribution in [0.1, 0.15) is 39.0 Å². The van der Waals surface area contributed by atoms with Crippen LogP contribution in [0.4, 0.5) is 4.79 Å². The summed E-state index contributed by atoms with van der Waals surface area (Å²) in [5.74, 6) is 0. The normalized spacial score (nSPS) is 21.9. The largest absolute Gasteiger partial charge is 0.443 e. The molecule has 0 saturated carbocycles. The summed E-state index contributed by atoms with van der Waals surface area (Å²) in [7, 11) is -2.08. The van der Waals surface area contributed by atoms with E-state index in [2.05, 4.69) is 43.8 Å². The van der Waals surface area contributed by atoms with Crippen molar-refractivity contribution in [2.75, 3.05) is 6.61 Å². The molecule has 31 heavy (non-hydrogen) atoms. The van der Waals surface area contributed by atoms with Crippen molar-refractivity contribution >= 4 is 14.4 Å². The Hall–Kier alpha value is -2.50. The summed E-state index contributed by atoms with van der Waals surface area (Å²) in [5, 5.41) is 0.000948. The number of aromatic amines is 1. The first kappa shape index (κ1) is 23.2. The third-order valence-corrected chi connectivity index (χ3v) is 10.5. The van der Waals surface area contributed by atoms with Crippen molar-refractivity contribution in [2.24, 2.45) is 0 Å². The standard InChI is InChI=1S/C20H30N4O6Si/c1-13-10-24(18(26)22-17(13)25)16-9-14(30-19(27)23-8-7-21-12-23)15(29-16)11-28-31(5,6)20(2,3)4/h7-8,10,12,14-16H,9,11H2,1-6H3,(H,22,25,26)/t14-,15+,16+/m0/s1. The molecule has 3 atom stereocenters. The van der Waals surface area contributed by atoms with Gasteiger partial charge in [0, 0.05) is 30.6 Å². The van der Waals surface area contributed by atoms with Gasteiger partial charge >= 0.3 is 11.8 Å². The molecule has 1 aliphatic rings. The first-order valence-electron chi connectivity index (χ1n) is 10.2. The molecule has 0 spiro atoms. The number of aryl methyl sites for hydroxylation is 1. The topological polar surface area (TPSA) is 117 Å². The number of H-pyrrole nitrogens is 1. The van der Waals surface area contributed by atoms with Crippen molar-refractivity contribution in [3.63, 3.8) is 0 Å². The van der Waals surface area contributed by atoms with Gasteiger partial charge in [-0.3, -0.25) is 14.3 Å². The van der Waals surface area contributed by atoms with E-state index in [9.17, 15) is 14.4 Å². The first-order chi connectivity index (χ1) is 14.4. The predicted molar refractivity (Wildman–Crippen MR) is 116 cm³/mol. The summed E-state index contributed by atoms with van der Waals surface area (Å²) in [6, 6.07) is 0. The summed E-state index contributed by atoms with van der Waals surface area (Å²) < 4.78 is 20.6. The van der Waals surface area contributed by atoms with Crippen LogP contribution in [0.2, 0.25) is 18.1 Å². The van der Waals surface area contributed by atoms with Crippen LogP contribution in [0.3, 0.4) is 0 Å². The lowest BCUT2D eigenvalue weighted by Gasteiger charge is -2.37. The van der Waals surface area contributed by atoms with Crippen LogP contribution in [0, 0.1) is 6.92 Å². The molecule has 1 fully saturated rings. The van der Waals surface area contributed by atoms with Gasteiger partial charge in [0.05, 0.1) is 6.61 Å². The van der Waals surface area contributed by atoms with E-state index in [4.69, 9.17) is 13.9 Å². The Morgan fingerprint density at radius 1 is 1.35 bits per heavy atom. The second-order valence-electron chi connectivity index (χ2n) is 9.31. The van der Waals surface area contributed by atoms with Crippen molar-refractivity contribution in [3.8, 4) is 0 Å². The number of ether oxygens (including phenoxy) is 2. The minimum Gasteiger partial charge on any atom is -0.443 e. The fraction of sp³-hybridized carbons (Fsp3) is 0.600. The molecule has 0 bridgehead atoms. The molecule has 170 valence electrons. The molecule has 1 N–H and O–H groups in total. The fourth-order valence-electron chi connectivity index (χ4n) is 3.01. The number of nitrogens with one attached hydrogen (secondary N) is 1. The smallest absolute Gasteiger partial charge is 0.419 e. The maximum Gasteiger partial charge on any atom is 0.419 e. The quantitative estimate of drug-likeness (QED) is 0.695. The van der Waals surface area contributed by atoms with Gasteiger partial charge in [0.2, 0.25) is 0 Å². The second-order valence-corrected chi connectivity index (χ2v) is 14.1. The summed E-state index contributed by atoms with van der Waals surface area (Å²) in [6.07, 6.45) is 3.55. The van der Waals surface area contributed by atoms with Gasteiger partial charge in [0.25, 0.3) is 5.56 Å². The zero-order chi connectivity index (χ0) is 23.0. The molecule has 2 aromatic heterocycles. The summed E-state index contributed by atoms with van der Waals surface area (Å²) in [4.78, 5) is 42.7. The number of rotatable bonds is 5. The van der Waals surface area contributed by atoms with E-state index in [0.29, 0.717) is 5.56 Å². The molecule has 0 unspecified atom stereocenters. The van der Waals surface area contributed by atoms with E-state index in [1.807, 2.05) is 0 Å². The number of imidazole rings is 1. The molecule has 0 radical (unpaired) electrons. The van der Waals surface area contributed by atoms with Crippen molar-refractivity contribution < 1.29 is 18.7 Å². The van der Waals surface area contributed by atoms with Gasteiger partial charge in [-0.1, -0.05) is 20.8 Å². The lowest BCUT2D eigenvalue weighted by Crippen LogP contribution is -2.44. The van der Waals surface area contributed by atoms with Crippen molar-refractivity contribution in [2.45, 2.75) is 70.7 Å². The predicted octanol–water partition coefficient (Wildman–Crippen LogP) is 2.40. The zero-order valence-corrected chi connectivity index (χ0v) is 19.7. The van der Waals surface area contributed by atoms with Gasteiger partial charge in [-0.25, -0.2) is 19.1 Å². The van der Waals surface area contributed by atoms with E-state index in [-0.39, 0.29) is 18.1 Å². The average Bonchev–Trinajstić information content (AvgIpc) is 3.32. The van der Waals surface area contributed by atoms with Crippen LogP contribution in [0.15, 0.2) is 34.5 Å². The van der Waals surface area contributed by atoms with Crippen LogP contribution >= 0.6 is 0 Å². The summed E-state index contributed by atoms with van der Waals surface area (Å²) >= 11 is 0. The SMILES string of the molecule is Cc1cn([C@H]2C[C@H](OC(=O)n3ccnc3)[C@@H](CO[Si](C)(C)C(C)(C)C)O2)c(=O)[nH]c1=O. The maximum atomic E-state index is 12.5. The number of hydrogen-bond acceptors (Lipinski definition) is 7. The molecule has 0 aromatic carbocycles. The molecule has 10 nitrogen and oxygen atoms in total. The van der Waals surface area contributed by atoms with Gasteiger partial charge < -0.3 is 13.9 Å². The lowest BCUT2D eigenvalue weighted by atomic mass is 10.2. The van der Waals surface area contributed by atoms with Crippen LogP contribution in [-0.2, 0) is 13.9 Å². The third-order valence-electron chi connectivity index (χ3n) is 6.02. The zero-order valence-electron chi connectivity index (χ0n) is 18.7. The monoisotopic (exact) mass is 450 g/mol. The van der Waals surface area contributed by atoms with E-state index >= 15 is 0 Å². The molecular formula is C20H30N4O6Si. The minimum absolute atomic E-state index is 0.000948. The minimum atomic E-state index is -2.08. The number of nitrogens with zero attached hydrogens (tertiary/aromatic N) is 3. The Morgan fingerprint density at radius 2 is 2.06 bits per heavy atom. The molecule has 0 aliphatic carbocycles. The molecule has 3 heterocycles. The van der Waals surface area contributed by atoms with Crippen molar-refractivity contribution in [3.05, 3.63) is 51.3 Å². The number of aromatic nitrogens is 4. The highest BCUT2D eigenvalue weighted by molar-refractivity contribution is 6.74. The van der Waals surface area contributed by atoms with Gasteiger partial charge in [0.15, 0.2) is 8.32 Å². The van der Waals surface area contributed by atoms with Gasteiger partial charge in [-0.15, -0.1) is 0 Å². The van der Waals surface area contributed by atoms with Gasteiger partial charge in [-0.2, -0.15) is 0 Å². The Kier molecular flexibility index (Phi) is 6.39. The van der Waals surface area contributed by atoms with E-state index in [1.54, 1.807) is 6.92 Å². The van der Waals surface area contributed by atoms with Crippen LogP contribution in [-0.4, -0.2) is 52.3 Å². The Morgan fingerprint density at radius 3 is 2.68 bits per heavy atom. The van der Waals surface area contributed by atoms with Crippen LogP contribution in [0.5, 0.6) is 0 Å². The summed E-state index contributed by atoms with van der Waals surface area (Å²) in [5.41, 5.74) is -0.637. The molecular weight excluding hydrogens is 420 g/mol. The maximum absolute atomic E-state index is 12.5. The van der Waals surface area contributed by atoms with Gasteiger partial charge in [0.1, 0.15) is 24.8 Å². The highest BCUT2D eigenvalue weighted by Gasteiger charge is 2.43. The molecule has 0 amide bonds. The highest BCUT2D eigenvalue weighted by atomic mass is 28.4. The van der Waals surface area contributed by atoms with Gasteiger partial charge in [-0.05, 0) is 25.1 Å². The van der Waals surface area contributed by atoms with E-state index < -0.39 is 44.1 Å². The highest BCUT2D eigenvalue weighted by Crippen LogP contribution is 2.38. The molecule has 1 aliphatic heterocycles. The Balaban J connectivity index is 1.83. The van der Waals surface area contributed by atoms with Crippen LogP contribution in [0.25, 0.3) is 0 Å². The van der Waals surface area contributed by atoms with E-state index in [1.165, 1.54) is 34.1 Å². The second kappa shape index (κ2) is 8.56. The fourth-order valence-corrected chi connectivity index (χ4v) is 4.02. The molecule has 2 aromatic rings. The molecule has 11 heteroatoms. The van der Waals surface area contributed by atoms with Crippen molar-refractivity contribution in [1.29, 1.82) is 0 Å². The number of carbonyl (C=O) groups excluding carboxylic acids is 1. The Bertz CT molecular complexity index is 1040. The van der Waals surface area contributed by atoms with E-state index in [0.717, 1.165) is 0 Å². The van der Waals surface area contributed by atoms with Crippen molar-refractivity contribution in [1.82, 2.24) is 19.1 Å².